The second-order valence-corrected chi connectivity index (χ2v) is 26.3. The van der Waals surface area contributed by atoms with Crippen molar-refractivity contribution in [3.05, 3.63) is 12.2 Å². The third kappa shape index (κ3) is 12.2. The summed E-state index contributed by atoms with van der Waals surface area (Å²) in [5.74, 6) is -0.215. The first-order chi connectivity index (χ1) is 11.0. The van der Waals surface area contributed by atoms with Crippen LogP contribution in [0.5, 0.6) is 0 Å². The molecule has 0 fully saturated rings. The molecule has 0 amide bonds. The number of aliphatic hydroxyl groups is 1. The summed E-state index contributed by atoms with van der Waals surface area (Å²) in [6.07, 6.45) is 2.33. The van der Waals surface area contributed by atoms with Crippen molar-refractivity contribution < 1.29 is 22.2 Å². The van der Waals surface area contributed by atoms with Crippen molar-refractivity contribution in [3.8, 4) is 0 Å². The first kappa shape index (κ1) is 25.1. The highest BCUT2D eigenvalue weighted by atomic mass is 28.5. The average molecular weight is 423 g/mol. The summed E-state index contributed by atoms with van der Waals surface area (Å²) in [5.41, 5.74) is 0. The number of carbonyl (C=O) groups is 1. The Bertz CT molecular complexity index is 420. The monoisotopic (exact) mass is 422 g/mol. The van der Waals surface area contributed by atoms with Gasteiger partial charge in [0.1, 0.15) is 6.10 Å². The van der Waals surface area contributed by atoms with E-state index in [1.807, 2.05) is 0 Å². The van der Waals surface area contributed by atoms with Crippen molar-refractivity contribution in [2.24, 2.45) is 0 Å². The molecule has 0 aromatic rings. The van der Waals surface area contributed by atoms with Gasteiger partial charge in [-0.3, -0.25) is 4.79 Å². The Morgan fingerprint density at radius 2 is 1.24 bits per heavy atom. The van der Waals surface area contributed by atoms with E-state index in [-0.39, 0.29) is 12.2 Å². The Morgan fingerprint density at radius 1 is 0.880 bits per heavy atom. The van der Waals surface area contributed by atoms with Crippen LogP contribution in [0.25, 0.3) is 0 Å². The minimum atomic E-state index is -3.00. The zero-order valence-electron chi connectivity index (χ0n) is 17.7. The summed E-state index contributed by atoms with van der Waals surface area (Å²) < 4.78 is 19.6. The fraction of sp³-hybridized carbons (Fsp3) is 0.812. The maximum atomic E-state index is 12.3. The zero-order valence-corrected chi connectivity index (χ0v) is 21.7. The molecule has 0 aromatic heterocycles. The van der Waals surface area contributed by atoms with Crippen molar-refractivity contribution in [2.75, 3.05) is 0 Å². The number of Topliss-reactive ketones (excluding diaryl/α,β-unsaturated/α-hetero) is 1. The largest absolute Gasteiger partial charge is 0.469 e. The number of hydrogen-bond donors (Lipinski definition) is 1. The van der Waals surface area contributed by atoms with Gasteiger partial charge in [-0.1, -0.05) is 12.2 Å². The van der Waals surface area contributed by atoms with Crippen molar-refractivity contribution >= 4 is 39.5 Å². The fourth-order valence-electron chi connectivity index (χ4n) is 2.33. The van der Waals surface area contributed by atoms with Gasteiger partial charge in [-0.05, 0) is 65.8 Å². The van der Waals surface area contributed by atoms with Gasteiger partial charge >= 0.3 is 8.80 Å². The lowest BCUT2D eigenvalue weighted by Gasteiger charge is -2.42. The molecule has 1 atom stereocenters. The van der Waals surface area contributed by atoms with E-state index in [2.05, 4.69) is 58.9 Å². The molecule has 0 aliphatic rings. The summed E-state index contributed by atoms with van der Waals surface area (Å²) in [6.45, 7) is 20.8. The van der Waals surface area contributed by atoms with E-state index >= 15 is 0 Å². The van der Waals surface area contributed by atoms with Crippen LogP contribution < -0.4 is 0 Å². The van der Waals surface area contributed by atoms with Gasteiger partial charge in [-0.15, -0.1) is 0 Å². The summed E-state index contributed by atoms with van der Waals surface area (Å²) >= 11 is 0. The van der Waals surface area contributed by atoms with Gasteiger partial charge in [-0.2, -0.15) is 0 Å². The first-order valence-corrected chi connectivity index (χ1v) is 21.1. The van der Waals surface area contributed by atoms with Crippen LogP contribution in [0.2, 0.25) is 65.0 Å². The highest BCUT2D eigenvalue weighted by molar-refractivity contribution is 6.90. The Hall–Kier alpha value is 0.118. The predicted octanol–water partition coefficient (Wildman–Crippen LogP) is 4.38. The zero-order chi connectivity index (χ0) is 20.1. The van der Waals surface area contributed by atoms with Crippen molar-refractivity contribution in [1.82, 2.24) is 0 Å². The lowest BCUT2D eigenvalue weighted by Crippen LogP contribution is -2.60. The topological polar surface area (TPSA) is 65.0 Å². The summed E-state index contributed by atoms with van der Waals surface area (Å²) in [5, 5.41) is 9.89. The summed E-state index contributed by atoms with van der Waals surface area (Å²) in [4.78, 5) is 12.3. The molecular weight excluding hydrogens is 385 g/mol. The molecule has 1 unspecified atom stereocenters. The number of allylic oxidation sites excluding steroid dienone is 1. The van der Waals surface area contributed by atoms with Crippen LogP contribution in [0.4, 0.5) is 0 Å². The predicted molar refractivity (Wildman–Crippen MR) is 114 cm³/mol. The number of ketones is 1. The number of rotatable bonds is 11. The summed E-state index contributed by atoms with van der Waals surface area (Å²) in [7, 11) is -8.82. The van der Waals surface area contributed by atoms with E-state index in [0.717, 1.165) is 0 Å². The molecule has 0 rings (SSSR count). The van der Waals surface area contributed by atoms with E-state index in [4.69, 9.17) is 12.3 Å². The Morgan fingerprint density at radius 3 is 1.52 bits per heavy atom. The lowest BCUT2D eigenvalue weighted by molar-refractivity contribution is -0.124. The van der Waals surface area contributed by atoms with E-state index in [1.54, 1.807) is 13.0 Å². The second kappa shape index (κ2) is 9.36. The second-order valence-electron chi connectivity index (χ2n) is 9.26. The number of hydrogen-bond acceptors (Lipinski definition) is 5. The van der Waals surface area contributed by atoms with Gasteiger partial charge in [-0.25, -0.2) is 0 Å². The Kier molecular flexibility index (Phi) is 9.40. The van der Waals surface area contributed by atoms with E-state index in [0.29, 0.717) is 6.04 Å². The van der Waals surface area contributed by atoms with Gasteiger partial charge in [0.15, 0.2) is 30.7 Å². The smallest absolute Gasteiger partial charge is 0.417 e. The highest BCUT2D eigenvalue weighted by Gasteiger charge is 2.50. The molecular formula is C16H38O5Si4. The molecule has 1 N–H and O–H groups in total. The molecule has 0 bridgehead atoms. The van der Waals surface area contributed by atoms with Crippen molar-refractivity contribution in [1.29, 1.82) is 0 Å². The third-order valence-corrected chi connectivity index (χ3v) is 14.7. The number of aliphatic hydroxyl groups excluding tert-OH is 1. The van der Waals surface area contributed by atoms with E-state index < -0.39 is 39.9 Å². The highest BCUT2D eigenvalue weighted by Crippen LogP contribution is 2.30. The van der Waals surface area contributed by atoms with Crippen LogP contribution in [-0.4, -0.2) is 50.8 Å². The molecule has 0 heterocycles. The molecule has 0 spiro atoms. The van der Waals surface area contributed by atoms with Crippen LogP contribution in [-0.2, 0) is 17.1 Å². The lowest BCUT2D eigenvalue weighted by atomic mass is 10.2. The third-order valence-electron chi connectivity index (χ3n) is 2.77. The minimum absolute atomic E-state index is 0.206. The van der Waals surface area contributed by atoms with E-state index in [1.165, 1.54) is 6.08 Å². The molecule has 0 saturated heterocycles. The minimum Gasteiger partial charge on any atom is -0.417 e. The molecule has 25 heavy (non-hydrogen) atoms. The van der Waals surface area contributed by atoms with Gasteiger partial charge in [0, 0.05) is 12.5 Å². The van der Waals surface area contributed by atoms with Gasteiger partial charge in [0.05, 0.1) is 0 Å². The van der Waals surface area contributed by atoms with E-state index in [9.17, 15) is 9.90 Å². The van der Waals surface area contributed by atoms with Crippen molar-refractivity contribution in [3.63, 3.8) is 0 Å². The molecule has 9 heteroatoms. The SMILES string of the molecule is CC=CC(O)C(=O)CC[Si](O[Si](C)(C)C)(O[Si](C)(C)C)O[Si](C)(C)C. The standard InChI is InChI=1S/C16H38O5Si4/c1-11-12-15(17)16(18)13-14-25(19-22(2,3)4,20-23(5,6)7)21-24(8,9)10/h11-12,15,17H,13-14H2,1-10H3. The van der Waals surface area contributed by atoms with Crippen LogP contribution in [0.3, 0.4) is 0 Å². The first-order valence-electron chi connectivity index (χ1n) is 8.93. The summed E-state index contributed by atoms with van der Waals surface area (Å²) in [6, 6.07) is 0.430. The number of carbonyl (C=O) groups excluding carboxylic acids is 1. The quantitative estimate of drug-likeness (QED) is 0.395. The molecule has 5 nitrogen and oxygen atoms in total. The fourth-order valence-corrected chi connectivity index (χ4v) is 16.9. The normalized spacial score (nSPS) is 15.6. The molecule has 0 radical (unpaired) electrons. The Labute approximate surface area is 158 Å². The average Bonchev–Trinajstić information content (AvgIpc) is 2.29. The van der Waals surface area contributed by atoms with Crippen molar-refractivity contribution in [2.45, 2.75) is 84.4 Å². The van der Waals surface area contributed by atoms with Gasteiger partial charge in [0.2, 0.25) is 0 Å². The molecule has 0 aliphatic heterocycles. The Balaban J connectivity index is 5.61. The van der Waals surface area contributed by atoms with Gasteiger partial charge in [0.25, 0.3) is 0 Å². The maximum Gasteiger partial charge on any atom is 0.469 e. The molecule has 148 valence electrons. The van der Waals surface area contributed by atoms with Crippen LogP contribution in [0, 0.1) is 0 Å². The van der Waals surface area contributed by atoms with Crippen LogP contribution >= 0.6 is 0 Å². The van der Waals surface area contributed by atoms with Crippen LogP contribution in [0.1, 0.15) is 13.3 Å². The maximum absolute atomic E-state index is 12.3. The molecule has 0 aliphatic carbocycles. The molecule has 0 saturated carbocycles. The van der Waals surface area contributed by atoms with Gasteiger partial charge < -0.3 is 17.5 Å². The molecule has 0 aromatic carbocycles. The van der Waals surface area contributed by atoms with Crippen LogP contribution in [0.15, 0.2) is 12.2 Å².